The molecule has 0 bridgehead atoms. The molecule has 6 heteroatoms. The van der Waals surface area contributed by atoms with Crippen molar-refractivity contribution in [3.63, 3.8) is 0 Å². The minimum absolute atomic E-state index is 0.0696. The van der Waals surface area contributed by atoms with Crippen LogP contribution >= 0.6 is 27.7 Å². The van der Waals surface area contributed by atoms with Crippen LogP contribution in [0.5, 0.6) is 0 Å². The second-order valence-corrected chi connectivity index (χ2v) is 5.25. The number of ether oxygens (including phenoxy) is 1. The number of hydrogen-bond donors (Lipinski definition) is 0. The van der Waals surface area contributed by atoms with Crippen LogP contribution in [-0.4, -0.2) is 41.0 Å². The molecular formula is C11H16BrNO3S. The van der Waals surface area contributed by atoms with Gasteiger partial charge in [0, 0.05) is 11.9 Å². The highest BCUT2D eigenvalue weighted by Crippen LogP contribution is 2.29. The molecule has 0 unspecified atom stereocenters. The number of alkyl halides is 1. The van der Waals surface area contributed by atoms with Crippen molar-refractivity contribution in [3.8, 4) is 0 Å². The van der Waals surface area contributed by atoms with Crippen molar-refractivity contribution >= 4 is 39.6 Å². The van der Waals surface area contributed by atoms with Gasteiger partial charge in [-0.2, -0.15) is 0 Å². The number of unbranched alkanes of at least 4 members (excludes halogenated alkanes) is 1. The van der Waals surface area contributed by atoms with Crippen molar-refractivity contribution < 1.29 is 14.3 Å². The largest absolute Gasteiger partial charge is 0.463 e. The van der Waals surface area contributed by atoms with Gasteiger partial charge in [0.05, 0.1) is 23.5 Å². The third-order valence-corrected chi connectivity index (χ3v) is 3.79. The molecule has 1 saturated heterocycles. The van der Waals surface area contributed by atoms with Gasteiger partial charge in [-0.05, 0) is 19.8 Å². The van der Waals surface area contributed by atoms with Crippen LogP contribution in [0.4, 0.5) is 0 Å². The van der Waals surface area contributed by atoms with Gasteiger partial charge in [0.1, 0.15) is 0 Å². The van der Waals surface area contributed by atoms with E-state index in [-0.39, 0.29) is 11.9 Å². The van der Waals surface area contributed by atoms with E-state index >= 15 is 0 Å². The minimum atomic E-state index is -0.379. The van der Waals surface area contributed by atoms with Crippen LogP contribution < -0.4 is 0 Å². The molecule has 0 aromatic heterocycles. The Bertz CT molecular complexity index is 320. The molecule has 96 valence electrons. The Morgan fingerprint density at radius 2 is 2.35 bits per heavy atom. The molecule has 1 aliphatic rings. The lowest BCUT2D eigenvalue weighted by molar-refractivity contribution is -0.137. The van der Waals surface area contributed by atoms with Gasteiger partial charge < -0.3 is 9.64 Å². The summed E-state index contributed by atoms with van der Waals surface area (Å²) in [5.41, 5.74) is 0. The van der Waals surface area contributed by atoms with Crippen molar-refractivity contribution in [2.75, 3.05) is 24.2 Å². The summed E-state index contributed by atoms with van der Waals surface area (Å²) in [6.45, 7) is 2.78. The van der Waals surface area contributed by atoms with Gasteiger partial charge in [-0.1, -0.05) is 27.7 Å². The van der Waals surface area contributed by atoms with Gasteiger partial charge >= 0.3 is 5.97 Å². The molecule has 1 amide bonds. The molecule has 1 aliphatic heterocycles. The Morgan fingerprint density at radius 3 is 3.00 bits per heavy atom. The van der Waals surface area contributed by atoms with Crippen LogP contribution in [0.3, 0.4) is 0 Å². The number of rotatable bonds is 6. The summed E-state index contributed by atoms with van der Waals surface area (Å²) in [6, 6.07) is 0. The molecule has 0 aromatic carbocycles. The van der Waals surface area contributed by atoms with Crippen LogP contribution in [0.1, 0.15) is 19.8 Å². The number of carbonyl (C=O) groups is 2. The van der Waals surface area contributed by atoms with Crippen LogP contribution in [0.15, 0.2) is 11.1 Å². The highest BCUT2D eigenvalue weighted by molar-refractivity contribution is 9.09. The zero-order valence-electron chi connectivity index (χ0n) is 9.78. The third kappa shape index (κ3) is 4.71. The predicted molar refractivity (Wildman–Crippen MR) is 71.9 cm³/mol. The average molecular weight is 322 g/mol. The second kappa shape index (κ2) is 7.76. The molecule has 0 saturated carbocycles. The Balaban J connectivity index is 2.57. The summed E-state index contributed by atoms with van der Waals surface area (Å²) >= 11 is 4.75. The molecule has 0 atom stereocenters. The summed E-state index contributed by atoms with van der Waals surface area (Å²) in [5.74, 6) is 0.106. The van der Waals surface area contributed by atoms with E-state index < -0.39 is 0 Å². The first-order valence-electron chi connectivity index (χ1n) is 5.56. The summed E-state index contributed by atoms with van der Waals surface area (Å²) in [7, 11) is 0. The van der Waals surface area contributed by atoms with Crippen LogP contribution in [0.25, 0.3) is 0 Å². The lowest BCUT2D eigenvalue weighted by Crippen LogP contribution is -2.26. The first-order valence-corrected chi connectivity index (χ1v) is 7.67. The first-order chi connectivity index (χ1) is 8.19. The zero-order chi connectivity index (χ0) is 12.7. The topological polar surface area (TPSA) is 46.6 Å². The number of thioether (sulfide) groups is 1. The maximum Gasteiger partial charge on any atom is 0.333 e. The van der Waals surface area contributed by atoms with E-state index in [1.807, 2.05) is 0 Å². The highest BCUT2D eigenvalue weighted by Gasteiger charge is 2.26. The summed E-state index contributed by atoms with van der Waals surface area (Å²) in [5, 5.41) is 1.64. The van der Waals surface area contributed by atoms with E-state index in [0.717, 1.165) is 18.2 Å². The molecule has 0 N–H and O–H groups in total. The maximum absolute atomic E-state index is 11.6. The van der Waals surface area contributed by atoms with Crippen molar-refractivity contribution in [3.05, 3.63) is 11.1 Å². The molecule has 0 spiro atoms. The standard InChI is InChI=1S/C11H16BrNO3S/c1-2-16-11(15)7-10-13(6-4-3-5-12)9(14)8-17-10/h7H,2-6,8H2,1H3/b10-7-. The fraction of sp³-hybridized carbons (Fsp3) is 0.636. The van der Waals surface area contributed by atoms with Crippen LogP contribution in [-0.2, 0) is 14.3 Å². The fourth-order valence-electron chi connectivity index (χ4n) is 1.42. The number of esters is 1. The van der Waals surface area contributed by atoms with E-state index in [4.69, 9.17) is 4.74 Å². The van der Waals surface area contributed by atoms with Crippen molar-refractivity contribution in [2.45, 2.75) is 19.8 Å². The average Bonchev–Trinajstić information content (AvgIpc) is 2.62. The second-order valence-electron chi connectivity index (χ2n) is 3.46. The summed E-state index contributed by atoms with van der Waals surface area (Å²) in [6.07, 6.45) is 3.35. The van der Waals surface area contributed by atoms with Crippen LogP contribution in [0.2, 0.25) is 0 Å². The molecule has 1 rings (SSSR count). The minimum Gasteiger partial charge on any atom is -0.463 e. The Hall–Kier alpha value is -0.490. The Labute approximate surface area is 114 Å². The highest BCUT2D eigenvalue weighted by atomic mass is 79.9. The van der Waals surface area contributed by atoms with E-state index in [0.29, 0.717) is 23.9 Å². The lowest BCUT2D eigenvalue weighted by atomic mass is 10.3. The van der Waals surface area contributed by atoms with Gasteiger partial charge in [-0.15, -0.1) is 0 Å². The van der Waals surface area contributed by atoms with Crippen molar-refractivity contribution in [1.82, 2.24) is 4.90 Å². The molecule has 1 heterocycles. The van der Waals surface area contributed by atoms with Gasteiger partial charge in [0.25, 0.3) is 0 Å². The molecule has 4 nitrogen and oxygen atoms in total. The Morgan fingerprint density at radius 1 is 1.59 bits per heavy atom. The van der Waals surface area contributed by atoms with Crippen molar-refractivity contribution in [2.24, 2.45) is 0 Å². The number of nitrogens with zero attached hydrogens (tertiary/aromatic N) is 1. The van der Waals surface area contributed by atoms with Gasteiger partial charge in [-0.3, -0.25) is 4.79 Å². The van der Waals surface area contributed by atoms with E-state index in [1.54, 1.807) is 11.8 Å². The number of halogens is 1. The monoisotopic (exact) mass is 321 g/mol. The maximum atomic E-state index is 11.6. The van der Waals surface area contributed by atoms with E-state index in [9.17, 15) is 9.59 Å². The molecule has 0 aromatic rings. The number of amides is 1. The zero-order valence-corrected chi connectivity index (χ0v) is 12.2. The van der Waals surface area contributed by atoms with Crippen molar-refractivity contribution in [1.29, 1.82) is 0 Å². The van der Waals surface area contributed by atoms with Gasteiger partial charge in [-0.25, -0.2) is 4.79 Å². The van der Waals surface area contributed by atoms with E-state index in [2.05, 4.69) is 15.9 Å². The van der Waals surface area contributed by atoms with E-state index in [1.165, 1.54) is 17.8 Å². The molecule has 0 radical (unpaired) electrons. The smallest absolute Gasteiger partial charge is 0.333 e. The molecule has 0 aliphatic carbocycles. The summed E-state index contributed by atoms with van der Waals surface area (Å²) < 4.78 is 4.84. The Kier molecular flexibility index (Phi) is 6.65. The normalized spacial score (nSPS) is 17.9. The van der Waals surface area contributed by atoms with Crippen LogP contribution in [0, 0.1) is 0 Å². The SMILES string of the molecule is CCOC(=O)/C=C1\SCC(=O)N1CCCCBr. The van der Waals surface area contributed by atoms with Gasteiger partial charge in [0.15, 0.2) is 0 Å². The third-order valence-electron chi connectivity index (χ3n) is 2.20. The first kappa shape index (κ1) is 14.6. The summed E-state index contributed by atoms with van der Waals surface area (Å²) in [4.78, 5) is 24.6. The lowest BCUT2D eigenvalue weighted by Gasteiger charge is -2.16. The number of carbonyl (C=O) groups excluding carboxylic acids is 2. The molecular weight excluding hydrogens is 306 g/mol. The quantitative estimate of drug-likeness (QED) is 0.325. The molecule has 1 fully saturated rings. The predicted octanol–water partition coefficient (Wildman–Crippen LogP) is 2.14. The number of hydrogen-bond acceptors (Lipinski definition) is 4. The van der Waals surface area contributed by atoms with Gasteiger partial charge in [0.2, 0.25) is 5.91 Å². The fourth-order valence-corrected chi connectivity index (χ4v) is 2.77. The molecule has 17 heavy (non-hydrogen) atoms.